The number of carboxylic acid groups (broad SMARTS) is 1. The Morgan fingerprint density at radius 1 is 1.65 bits per heavy atom. The van der Waals surface area contributed by atoms with Gasteiger partial charge >= 0.3 is 5.97 Å². The highest BCUT2D eigenvalue weighted by molar-refractivity contribution is 8.00. The van der Waals surface area contributed by atoms with Gasteiger partial charge in [-0.05, 0) is 31.2 Å². The summed E-state index contributed by atoms with van der Waals surface area (Å²) in [5, 5.41) is 12.2. The molecule has 2 N–H and O–H groups in total. The van der Waals surface area contributed by atoms with E-state index in [9.17, 15) is 4.79 Å². The van der Waals surface area contributed by atoms with E-state index in [4.69, 9.17) is 5.11 Å². The average Bonchev–Trinajstić information content (AvgIpc) is 2.28. The van der Waals surface area contributed by atoms with E-state index in [2.05, 4.69) is 16.6 Å². The van der Waals surface area contributed by atoms with Gasteiger partial charge in [0, 0.05) is 23.2 Å². The minimum Gasteiger partial charge on any atom is -0.477 e. The molecule has 1 aromatic rings. The molecule has 0 spiro atoms. The summed E-state index contributed by atoms with van der Waals surface area (Å²) in [7, 11) is 0. The number of pyridine rings is 1. The summed E-state index contributed by atoms with van der Waals surface area (Å²) >= 11 is 1.89. The van der Waals surface area contributed by atoms with Gasteiger partial charge < -0.3 is 10.4 Å². The van der Waals surface area contributed by atoms with Crippen molar-refractivity contribution in [3.63, 3.8) is 0 Å². The third-order valence-corrected chi connectivity index (χ3v) is 4.71. The summed E-state index contributed by atoms with van der Waals surface area (Å²) < 4.78 is 0.340. The summed E-state index contributed by atoms with van der Waals surface area (Å²) in [5.41, 5.74) is 0.916. The standard InChI is InChI=1S/C12H16N2O2S/c1-17-12(4-2-5-12)8-14-9-3-6-13-10(7-9)11(15)16/h3,6-7H,2,4-5,8H2,1H3,(H,13,14)(H,15,16). The van der Waals surface area contributed by atoms with Crippen LogP contribution in [0.2, 0.25) is 0 Å². The smallest absolute Gasteiger partial charge is 0.354 e. The zero-order chi connectivity index (χ0) is 12.3. The van der Waals surface area contributed by atoms with Crippen LogP contribution in [-0.4, -0.2) is 33.6 Å². The summed E-state index contributed by atoms with van der Waals surface area (Å²) in [5.74, 6) is -0.989. The molecule has 2 rings (SSSR count). The fraction of sp³-hybridized carbons (Fsp3) is 0.500. The van der Waals surface area contributed by atoms with Crippen LogP contribution >= 0.6 is 11.8 Å². The van der Waals surface area contributed by atoms with E-state index < -0.39 is 5.97 Å². The molecular formula is C12H16N2O2S. The molecule has 1 aliphatic rings. The van der Waals surface area contributed by atoms with Crippen LogP contribution in [0.15, 0.2) is 18.3 Å². The van der Waals surface area contributed by atoms with Crippen molar-refractivity contribution in [3.05, 3.63) is 24.0 Å². The minimum atomic E-state index is -0.989. The number of aromatic carboxylic acids is 1. The van der Waals surface area contributed by atoms with Gasteiger partial charge in [0.1, 0.15) is 5.69 Å². The molecule has 0 aromatic carbocycles. The molecular weight excluding hydrogens is 236 g/mol. The van der Waals surface area contributed by atoms with Gasteiger partial charge in [0.25, 0.3) is 0 Å². The van der Waals surface area contributed by atoms with Crippen LogP contribution in [0.1, 0.15) is 29.8 Å². The van der Waals surface area contributed by atoms with Crippen LogP contribution in [0, 0.1) is 0 Å². The normalized spacial score (nSPS) is 17.2. The van der Waals surface area contributed by atoms with Gasteiger partial charge in [0.05, 0.1) is 0 Å². The number of hydrogen-bond donors (Lipinski definition) is 2. The summed E-state index contributed by atoms with van der Waals surface area (Å²) in [4.78, 5) is 14.6. The number of anilines is 1. The Bertz CT molecular complexity index is 413. The van der Waals surface area contributed by atoms with Gasteiger partial charge in [0.15, 0.2) is 0 Å². The van der Waals surface area contributed by atoms with E-state index in [1.165, 1.54) is 25.5 Å². The highest BCUT2D eigenvalue weighted by Crippen LogP contribution is 2.42. The summed E-state index contributed by atoms with van der Waals surface area (Å²) in [6.07, 6.45) is 7.42. The van der Waals surface area contributed by atoms with Crippen molar-refractivity contribution < 1.29 is 9.90 Å². The van der Waals surface area contributed by atoms with Gasteiger partial charge in [0.2, 0.25) is 0 Å². The second-order valence-corrected chi connectivity index (χ2v) is 5.60. The lowest BCUT2D eigenvalue weighted by Gasteiger charge is -2.40. The molecule has 0 aliphatic heterocycles. The molecule has 0 bridgehead atoms. The lowest BCUT2D eigenvalue weighted by Crippen LogP contribution is -2.40. The highest BCUT2D eigenvalue weighted by Gasteiger charge is 2.35. The zero-order valence-corrected chi connectivity index (χ0v) is 10.6. The van der Waals surface area contributed by atoms with Crippen molar-refractivity contribution in [1.82, 2.24) is 4.98 Å². The van der Waals surface area contributed by atoms with Crippen LogP contribution < -0.4 is 5.32 Å². The number of carboxylic acids is 1. The van der Waals surface area contributed by atoms with Gasteiger partial charge in [-0.15, -0.1) is 0 Å². The Labute approximate surface area is 105 Å². The first-order chi connectivity index (χ1) is 8.15. The maximum absolute atomic E-state index is 10.8. The van der Waals surface area contributed by atoms with Crippen molar-refractivity contribution in [2.45, 2.75) is 24.0 Å². The van der Waals surface area contributed by atoms with Gasteiger partial charge in [-0.3, -0.25) is 0 Å². The van der Waals surface area contributed by atoms with Gasteiger partial charge in [-0.25, -0.2) is 9.78 Å². The molecule has 17 heavy (non-hydrogen) atoms. The number of rotatable bonds is 5. The molecule has 0 radical (unpaired) electrons. The number of hydrogen-bond acceptors (Lipinski definition) is 4. The lowest BCUT2D eigenvalue weighted by atomic mass is 9.84. The van der Waals surface area contributed by atoms with Crippen LogP contribution in [0.4, 0.5) is 5.69 Å². The first kappa shape index (κ1) is 12.2. The second kappa shape index (κ2) is 4.96. The molecule has 0 atom stereocenters. The Kier molecular flexibility index (Phi) is 3.57. The maximum Gasteiger partial charge on any atom is 0.354 e. The van der Waals surface area contributed by atoms with E-state index in [1.54, 1.807) is 12.1 Å². The maximum atomic E-state index is 10.8. The third kappa shape index (κ3) is 2.72. The van der Waals surface area contributed by atoms with Gasteiger partial charge in [-0.1, -0.05) is 6.42 Å². The number of carbonyl (C=O) groups is 1. The number of nitrogens with zero attached hydrogens (tertiary/aromatic N) is 1. The molecule has 1 aliphatic carbocycles. The van der Waals surface area contributed by atoms with Crippen LogP contribution in [0.25, 0.3) is 0 Å². The van der Waals surface area contributed by atoms with E-state index in [-0.39, 0.29) is 5.69 Å². The fourth-order valence-corrected chi connectivity index (χ4v) is 2.86. The largest absolute Gasteiger partial charge is 0.477 e. The fourth-order valence-electron chi connectivity index (χ4n) is 1.94. The average molecular weight is 252 g/mol. The Hall–Kier alpha value is -1.23. The van der Waals surface area contributed by atoms with Crippen molar-refractivity contribution in [1.29, 1.82) is 0 Å². The quantitative estimate of drug-likeness (QED) is 0.843. The van der Waals surface area contributed by atoms with Crippen LogP contribution in [0.3, 0.4) is 0 Å². The first-order valence-electron chi connectivity index (χ1n) is 5.64. The van der Waals surface area contributed by atoms with E-state index >= 15 is 0 Å². The first-order valence-corrected chi connectivity index (χ1v) is 6.86. The van der Waals surface area contributed by atoms with Crippen molar-refractivity contribution in [3.8, 4) is 0 Å². The minimum absolute atomic E-state index is 0.0850. The molecule has 0 unspecified atom stereocenters. The third-order valence-electron chi connectivity index (χ3n) is 3.29. The summed E-state index contributed by atoms with van der Waals surface area (Å²) in [6, 6.07) is 3.38. The predicted molar refractivity (Wildman–Crippen MR) is 69.8 cm³/mol. The molecule has 1 aromatic heterocycles. The number of nitrogens with one attached hydrogen (secondary N) is 1. The molecule has 0 amide bonds. The highest BCUT2D eigenvalue weighted by atomic mass is 32.2. The SMILES string of the molecule is CSC1(CNc2ccnc(C(=O)O)c2)CCC1. The van der Waals surface area contributed by atoms with Crippen LogP contribution in [0.5, 0.6) is 0 Å². The predicted octanol–water partition coefficient (Wildman–Crippen LogP) is 2.48. The monoisotopic (exact) mass is 252 g/mol. The molecule has 5 heteroatoms. The Morgan fingerprint density at radius 2 is 2.41 bits per heavy atom. The summed E-state index contributed by atoms with van der Waals surface area (Å²) in [6.45, 7) is 0.886. The van der Waals surface area contributed by atoms with Crippen molar-refractivity contribution in [2.75, 3.05) is 18.1 Å². The molecule has 0 saturated heterocycles. The second-order valence-electron chi connectivity index (χ2n) is 4.33. The van der Waals surface area contributed by atoms with E-state index in [1.807, 2.05) is 11.8 Å². The van der Waals surface area contributed by atoms with Gasteiger partial charge in [-0.2, -0.15) is 11.8 Å². The number of aromatic nitrogens is 1. The Morgan fingerprint density at radius 3 is 2.94 bits per heavy atom. The lowest BCUT2D eigenvalue weighted by molar-refractivity contribution is 0.0690. The van der Waals surface area contributed by atoms with E-state index in [0.717, 1.165) is 12.2 Å². The molecule has 1 fully saturated rings. The van der Waals surface area contributed by atoms with Crippen molar-refractivity contribution in [2.24, 2.45) is 0 Å². The number of thioether (sulfide) groups is 1. The zero-order valence-electron chi connectivity index (χ0n) is 9.77. The topological polar surface area (TPSA) is 62.2 Å². The Balaban J connectivity index is 1.99. The van der Waals surface area contributed by atoms with Crippen molar-refractivity contribution >= 4 is 23.4 Å². The van der Waals surface area contributed by atoms with Crippen LogP contribution in [-0.2, 0) is 0 Å². The molecule has 4 nitrogen and oxygen atoms in total. The molecule has 1 saturated carbocycles. The molecule has 1 heterocycles. The van der Waals surface area contributed by atoms with E-state index in [0.29, 0.717) is 4.75 Å². The molecule has 92 valence electrons.